The van der Waals surface area contributed by atoms with Gasteiger partial charge in [0.2, 0.25) is 5.91 Å². The van der Waals surface area contributed by atoms with E-state index in [-0.39, 0.29) is 18.1 Å². The highest BCUT2D eigenvalue weighted by Crippen LogP contribution is 2.37. The van der Waals surface area contributed by atoms with Gasteiger partial charge in [-0.25, -0.2) is 4.39 Å². The molecular formula is C25H28FN3O3. The summed E-state index contributed by atoms with van der Waals surface area (Å²) in [5.74, 6) is 0.826. The van der Waals surface area contributed by atoms with Gasteiger partial charge in [-0.1, -0.05) is 23.7 Å². The first-order valence-electron chi connectivity index (χ1n) is 11.0. The van der Waals surface area contributed by atoms with Gasteiger partial charge in [0, 0.05) is 17.3 Å². The molecule has 0 spiro atoms. The molecule has 2 heterocycles. The van der Waals surface area contributed by atoms with E-state index in [1.807, 2.05) is 32.0 Å². The lowest BCUT2D eigenvalue weighted by Gasteiger charge is -2.24. The van der Waals surface area contributed by atoms with Gasteiger partial charge in [0.1, 0.15) is 23.9 Å². The first-order valence-corrected chi connectivity index (χ1v) is 11.0. The number of hydrogen-bond acceptors (Lipinski definition) is 5. The van der Waals surface area contributed by atoms with Crippen LogP contribution in [0, 0.1) is 19.7 Å². The van der Waals surface area contributed by atoms with Crippen molar-refractivity contribution in [3.63, 3.8) is 0 Å². The van der Waals surface area contributed by atoms with E-state index in [0.717, 1.165) is 35.5 Å². The summed E-state index contributed by atoms with van der Waals surface area (Å²) in [7, 11) is 0. The number of rotatable bonds is 7. The molecule has 1 amide bonds. The van der Waals surface area contributed by atoms with Gasteiger partial charge in [0.25, 0.3) is 0 Å². The van der Waals surface area contributed by atoms with Crippen LogP contribution in [0.3, 0.4) is 0 Å². The summed E-state index contributed by atoms with van der Waals surface area (Å²) in [6.45, 7) is 5.33. The highest BCUT2D eigenvalue weighted by atomic mass is 19.1. The second-order valence-electron chi connectivity index (χ2n) is 8.22. The average molecular weight is 438 g/mol. The fourth-order valence-corrected chi connectivity index (χ4v) is 4.09. The number of nitrogens with one attached hydrogen (secondary N) is 2. The van der Waals surface area contributed by atoms with Gasteiger partial charge in [-0.3, -0.25) is 4.79 Å². The zero-order chi connectivity index (χ0) is 22.5. The molecule has 3 aromatic rings. The Labute approximate surface area is 187 Å². The van der Waals surface area contributed by atoms with Crippen LogP contribution in [0.4, 0.5) is 10.1 Å². The van der Waals surface area contributed by atoms with Crippen molar-refractivity contribution in [3.05, 3.63) is 65.3 Å². The van der Waals surface area contributed by atoms with Crippen LogP contribution in [0.5, 0.6) is 5.75 Å². The molecule has 1 saturated heterocycles. The molecule has 0 aliphatic carbocycles. The van der Waals surface area contributed by atoms with E-state index < -0.39 is 0 Å². The van der Waals surface area contributed by atoms with Crippen LogP contribution in [0.2, 0.25) is 0 Å². The quantitative estimate of drug-likeness (QED) is 0.555. The van der Waals surface area contributed by atoms with Crippen molar-refractivity contribution >= 4 is 11.6 Å². The van der Waals surface area contributed by atoms with E-state index >= 15 is 0 Å². The Bertz CT molecular complexity index is 1070. The summed E-state index contributed by atoms with van der Waals surface area (Å²) in [6, 6.07) is 11.9. The van der Waals surface area contributed by atoms with Crippen LogP contribution in [0.25, 0.3) is 11.1 Å². The van der Waals surface area contributed by atoms with Crippen molar-refractivity contribution in [2.75, 3.05) is 18.5 Å². The zero-order valence-corrected chi connectivity index (χ0v) is 18.4. The first kappa shape index (κ1) is 22.0. The molecule has 0 unspecified atom stereocenters. The number of hydrogen-bond donors (Lipinski definition) is 2. The molecule has 1 aliphatic rings. The molecule has 32 heavy (non-hydrogen) atoms. The standard InChI is InChI=1S/C25H28FN3O3/c1-16-25(17(2)32-29-16)22-14-20(28-24(30)13-18-6-5-7-19(26)12-18)9-10-23(22)31-15-21-8-3-4-11-27-21/h5-7,9-10,12,14,21,27H,3-4,8,11,13,15H2,1-2H3,(H,28,30)/t21-/m1/s1. The lowest BCUT2D eigenvalue weighted by atomic mass is 10.0. The number of aromatic nitrogens is 1. The molecule has 4 rings (SSSR count). The van der Waals surface area contributed by atoms with Crippen molar-refractivity contribution in [3.8, 4) is 16.9 Å². The van der Waals surface area contributed by atoms with Crippen molar-refractivity contribution in [1.29, 1.82) is 0 Å². The normalized spacial score (nSPS) is 16.0. The predicted molar refractivity (Wildman–Crippen MR) is 121 cm³/mol. The van der Waals surface area contributed by atoms with Crippen LogP contribution < -0.4 is 15.4 Å². The fourth-order valence-electron chi connectivity index (χ4n) is 4.09. The summed E-state index contributed by atoms with van der Waals surface area (Å²) in [5.41, 5.74) is 3.68. The van der Waals surface area contributed by atoms with E-state index in [4.69, 9.17) is 9.26 Å². The molecule has 2 aromatic carbocycles. The smallest absolute Gasteiger partial charge is 0.228 e. The molecule has 1 fully saturated rings. The third-order valence-corrected chi connectivity index (χ3v) is 5.67. The predicted octanol–water partition coefficient (Wildman–Crippen LogP) is 4.80. The van der Waals surface area contributed by atoms with Gasteiger partial charge in [-0.15, -0.1) is 0 Å². The molecule has 0 bridgehead atoms. The Morgan fingerprint density at radius 1 is 1.25 bits per heavy atom. The van der Waals surface area contributed by atoms with Crippen LogP contribution in [-0.2, 0) is 11.2 Å². The van der Waals surface area contributed by atoms with Crippen molar-refractivity contribution in [1.82, 2.24) is 10.5 Å². The minimum atomic E-state index is -0.357. The SMILES string of the molecule is Cc1noc(C)c1-c1cc(NC(=O)Cc2cccc(F)c2)ccc1OC[C@H]1CCCCN1. The van der Waals surface area contributed by atoms with E-state index in [1.165, 1.54) is 25.0 Å². The third kappa shape index (κ3) is 5.34. The van der Waals surface area contributed by atoms with Gasteiger partial charge < -0.3 is 19.9 Å². The number of piperidine rings is 1. The summed E-state index contributed by atoms with van der Waals surface area (Å²) < 4.78 is 25.0. The second-order valence-corrected chi connectivity index (χ2v) is 8.22. The van der Waals surface area contributed by atoms with Crippen molar-refractivity contribution in [2.24, 2.45) is 0 Å². The van der Waals surface area contributed by atoms with Crippen LogP contribution in [0.1, 0.15) is 36.3 Å². The number of carbonyl (C=O) groups is 1. The number of anilines is 1. The Morgan fingerprint density at radius 3 is 2.84 bits per heavy atom. The molecule has 1 atom stereocenters. The summed E-state index contributed by atoms with van der Waals surface area (Å²) in [5, 5.41) is 10.5. The van der Waals surface area contributed by atoms with E-state index in [0.29, 0.717) is 29.7 Å². The number of aryl methyl sites for hydroxylation is 2. The Kier molecular flexibility index (Phi) is 6.85. The van der Waals surface area contributed by atoms with Gasteiger partial charge in [-0.05, 0) is 69.1 Å². The molecule has 168 valence electrons. The lowest BCUT2D eigenvalue weighted by Crippen LogP contribution is -2.38. The number of nitrogens with zero attached hydrogens (tertiary/aromatic N) is 1. The molecule has 1 aromatic heterocycles. The van der Waals surface area contributed by atoms with E-state index in [2.05, 4.69) is 15.8 Å². The molecule has 7 heteroatoms. The van der Waals surface area contributed by atoms with Crippen LogP contribution in [0.15, 0.2) is 47.0 Å². The van der Waals surface area contributed by atoms with Gasteiger partial charge >= 0.3 is 0 Å². The largest absolute Gasteiger partial charge is 0.491 e. The average Bonchev–Trinajstić information content (AvgIpc) is 3.11. The number of carbonyl (C=O) groups excluding carboxylic acids is 1. The first-order chi connectivity index (χ1) is 15.5. The molecular weight excluding hydrogens is 409 g/mol. The number of ether oxygens (including phenoxy) is 1. The third-order valence-electron chi connectivity index (χ3n) is 5.67. The minimum Gasteiger partial charge on any atom is -0.491 e. The maximum absolute atomic E-state index is 13.4. The van der Waals surface area contributed by atoms with Crippen LogP contribution in [-0.4, -0.2) is 30.3 Å². The number of benzene rings is 2. The minimum absolute atomic E-state index is 0.0873. The van der Waals surface area contributed by atoms with Gasteiger partial charge in [0.15, 0.2) is 0 Å². The monoisotopic (exact) mass is 437 g/mol. The van der Waals surface area contributed by atoms with E-state index in [1.54, 1.807) is 12.1 Å². The summed E-state index contributed by atoms with van der Waals surface area (Å²) >= 11 is 0. The number of halogens is 1. The Hall–Kier alpha value is -3.19. The van der Waals surface area contributed by atoms with Crippen LogP contribution >= 0.6 is 0 Å². The highest BCUT2D eigenvalue weighted by molar-refractivity contribution is 5.93. The lowest BCUT2D eigenvalue weighted by molar-refractivity contribution is -0.115. The topological polar surface area (TPSA) is 76.4 Å². The summed E-state index contributed by atoms with van der Waals surface area (Å²) in [6.07, 6.45) is 3.58. The fraction of sp³-hybridized carbons (Fsp3) is 0.360. The van der Waals surface area contributed by atoms with Gasteiger partial charge in [0.05, 0.1) is 17.7 Å². The molecule has 0 radical (unpaired) electrons. The van der Waals surface area contributed by atoms with Crippen molar-refractivity contribution < 1.29 is 18.4 Å². The molecule has 0 saturated carbocycles. The van der Waals surface area contributed by atoms with E-state index in [9.17, 15) is 9.18 Å². The molecule has 2 N–H and O–H groups in total. The Morgan fingerprint density at radius 2 is 2.12 bits per heavy atom. The maximum atomic E-state index is 13.4. The molecule has 6 nitrogen and oxygen atoms in total. The maximum Gasteiger partial charge on any atom is 0.228 e. The highest BCUT2D eigenvalue weighted by Gasteiger charge is 2.19. The number of amides is 1. The van der Waals surface area contributed by atoms with Crippen molar-refractivity contribution in [2.45, 2.75) is 45.6 Å². The zero-order valence-electron chi connectivity index (χ0n) is 18.4. The Balaban J connectivity index is 1.54. The second kappa shape index (κ2) is 9.96. The summed E-state index contributed by atoms with van der Waals surface area (Å²) in [4.78, 5) is 12.5. The van der Waals surface area contributed by atoms with Gasteiger partial charge in [-0.2, -0.15) is 0 Å². The molecule has 1 aliphatic heterocycles.